The second kappa shape index (κ2) is 12.7. The van der Waals surface area contributed by atoms with Crippen molar-refractivity contribution < 1.29 is 26.6 Å². The minimum Gasteiger partial charge on any atom is -0.373 e. The molecule has 0 amide bonds. The minimum atomic E-state index is -2.66. The third-order valence-corrected chi connectivity index (χ3v) is 9.92. The van der Waals surface area contributed by atoms with Crippen LogP contribution < -0.4 is 10.4 Å². The lowest BCUT2D eigenvalue weighted by Crippen LogP contribution is -2.54. The summed E-state index contributed by atoms with van der Waals surface area (Å²) < 4.78 is 32.2. The van der Waals surface area contributed by atoms with Crippen molar-refractivity contribution in [1.82, 2.24) is 0 Å². The van der Waals surface area contributed by atoms with Gasteiger partial charge in [0.05, 0.1) is 0 Å². The Kier molecular flexibility index (Phi) is 11.1. The van der Waals surface area contributed by atoms with E-state index in [-0.39, 0.29) is 0 Å². The molecule has 164 valence electrons. The smallest absolute Gasteiger partial charge is 0.373 e. The molecule has 2 aromatic rings. The minimum absolute atomic E-state index is 0.945. The topological polar surface area (TPSA) is 55.4 Å². The van der Waals surface area contributed by atoms with Crippen molar-refractivity contribution in [2.24, 2.45) is 0 Å². The molecule has 2 aromatic carbocycles. The predicted molar refractivity (Wildman–Crippen MR) is 126 cm³/mol. The van der Waals surface area contributed by atoms with E-state index in [4.69, 9.17) is 26.6 Å². The van der Waals surface area contributed by atoms with E-state index in [1.54, 1.807) is 54.8 Å². The highest BCUT2D eigenvalue weighted by atomic mass is 28.4. The first kappa shape index (κ1) is 26.1. The number of hydrogen-bond acceptors (Lipinski definition) is 6. The molecule has 0 aromatic heterocycles. The van der Waals surface area contributed by atoms with Crippen LogP contribution in [0.3, 0.4) is 0 Å². The maximum atomic E-state index is 5.36. The molecule has 0 radical (unpaired) electrons. The van der Waals surface area contributed by atoms with Crippen LogP contribution >= 0.6 is 0 Å². The lowest BCUT2D eigenvalue weighted by Gasteiger charge is -2.24. The number of rotatable bonds is 10. The summed E-state index contributed by atoms with van der Waals surface area (Å²) in [6, 6.07) is 15.6. The van der Waals surface area contributed by atoms with E-state index >= 15 is 0 Å². The van der Waals surface area contributed by atoms with Gasteiger partial charge in [0.2, 0.25) is 0 Å². The van der Waals surface area contributed by atoms with Gasteiger partial charge in [0.15, 0.2) is 0 Å². The third-order valence-electron chi connectivity index (χ3n) is 4.61. The first-order valence-electron chi connectivity index (χ1n) is 9.21. The van der Waals surface area contributed by atoms with Gasteiger partial charge in [-0.05, 0) is 11.1 Å². The summed E-state index contributed by atoms with van der Waals surface area (Å²) in [5, 5.41) is 1.89. The predicted octanol–water partition coefficient (Wildman–Crippen LogP) is 2.83. The number of benzene rings is 2. The maximum absolute atomic E-state index is 5.36. The average Bonchev–Trinajstić information content (AvgIpc) is 2.83. The van der Waals surface area contributed by atoms with Gasteiger partial charge < -0.3 is 26.6 Å². The molecule has 0 bridgehead atoms. The van der Waals surface area contributed by atoms with Crippen LogP contribution in [0.5, 0.6) is 0 Å². The van der Waals surface area contributed by atoms with Crippen LogP contribution in [-0.4, -0.2) is 60.3 Å². The van der Waals surface area contributed by atoms with E-state index in [0.29, 0.717) is 0 Å². The molecule has 0 fully saturated rings. The van der Waals surface area contributed by atoms with Gasteiger partial charge in [-0.1, -0.05) is 73.8 Å². The molecule has 0 aliphatic carbocycles. The van der Waals surface area contributed by atoms with Crippen molar-refractivity contribution >= 4 is 40.1 Å². The Morgan fingerprint density at radius 2 is 0.733 bits per heavy atom. The summed E-state index contributed by atoms with van der Waals surface area (Å²) in [4.78, 5) is 0. The fourth-order valence-corrected chi connectivity index (χ4v) is 6.42. The van der Waals surface area contributed by atoms with Crippen LogP contribution in [0.25, 0.3) is 12.2 Å². The highest BCUT2D eigenvalue weighted by molar-refractivity contribution is 6.75. The molecule has 6 nitrogen and oxygen atoms in total. The van der Waals surface area contributed by atoms with E-state index in [0.717, 1.165) is 21.5 Å². The van der Waals surface area contributed by atoms with Gasteiger partial charge in [0.25, 0.3) is 0 Å². The molecule has 8 heteroatoms. The molecule has 0 aliphatic heterocycles. The van der Waals surface area contributed by atoms with E-state index in [9.17, 15) is 0 Å². The zero-order chi connectivity index (χ0) is 22.6. The van der Waals surface area contributed by atoms with Crippen molar-refractivity contribution in [3.63, 3.8) is 0 Å². The van der Waals surface area contributed by atoms with Gasteiger partial charge in [-0.3, -0.25) is 0 Å². The Balaban J connectivity index is 0.000000300. The SMILES string of the molecule is C=Cc1ccc([Si](OC)(OC)OC)cc1.C=Cc1ccc([Si](OC)(OC)OC)cc1. The van der Waals surface area contributed by atoms with Crippen LogP contribution in [0.15, 0.2) is 61.7 Å². The van der Waals surface area contributed by atoms with E-state index < -0.39 is 17.6 Å². The Labute approximate surface area is 182 Å². The molecular weight excluding hydrogens is 416 g/mol. The van der Waals surface area contributed by atoms with E-state index in [1.165, 1.54) is 0 Å². The summed E-state index contributed by atoms with van der Waals surface area (Å²) >= 11 is 0. The van der Waals surface area contributed by atoms with Crippen molar-refractivity contribution in [3.8, 4) is 0 Å². The number of hydrogen-bond donors (Lipinski definition) is 0. The Bertz CT molecular complexity index is 685. The monoisotopic (exact) mass is 448 g/mol. The lowest BCUT2D eigenvalue weighted by molar-refractivity contribution is 0.140. The van der Waals surface area contributed by atoms with Crippen LogP contribution in [0.2, 0.25) is 0 Å². The fourth-order valence-electron chi connectivity index (χ4n) is 2.85. The highest BCUT2D eigenvalue weighted by Gasteiger charge is 2.41. The quantitative estimate of drug-likeness (QED) is 0.521. The zero-order valence-electron chi connectivity index (χ0n) is 18.6. The molecule has 0 N–H and O–H groups in total. The van der Waals surface area contributed by atoms with Gasteiger partial charge in [-0.2, -0.15) is 0 Å². The molecule has 0 heterocycles. The normalized spacial score (nSPS) is 11.4. The highest BCUT2D eigenvalue weighted by Crippen LogP contribution is 2.09. The van der Waals surface area contributed by atoms with Gasteiger partial charge in [0, 0.05) is 53.0 Å². The molecule has 2 rings (SSSR count). The fraction of sp³-hybridized carbons (Fsp3) is 0.273. The molecule has 0 unspecified atom stereocenters. The molecule has 0 spiro atoms. The molecule has 0 saturated heterocycles. The molecule has 0 aliphatic rings. The van der Waals surface area contributed by atoms with Crippen LogP contribution in [0.4, 0.5) is 0 Å². The molecular formula is C22H32O6Si2. The van der Waals surface area contributed by atoms with Crippen molar-refractivity contribution in [1.29, 1.82) is 0 Å². The lowest BCUT2D eigenvalue weighted by atomic mass is 10.2. The summed E-state index contributed by atoms with van der Waals surface area (Å²) in [6.07, 6.45) is 3.58. The Hall–Kier alpha value is -1.89. The largest absolute Gasteiger partial charge is 0.536 e. The Morgan fingerprint density at radius 1 is 0.500 bits per heavy atom. The van der Waals surface area contributed by atoms with Crippen molar-refractivity contribution in [3.05, 3.63) is 72.8 Å². The van der Waals surface area contributed by atoms with Crippen LogP contribution in [0.1, 0.15) is 11.1 Å². The molecule has 0 atom stereocenters. The van der Waals surface area contributed by atoms with Gasteiger partial charge in [0.1, 0.15) is 0 Å². The van der Waals surface area contributed by atoms with E-state index in [1.807, 2.05) is 48.5 Å². The molecule has 0 saturated carbocycles. The molecule has 30 heavy (non-hydrogen) atoms. The van der Waals surface area contributed by atoms with Crippen molar-refractivity contribution in [2.45, 2.75) is 0 Å². The van der Waals surface area contributed by atoms with E-state index in [2.05, 4.69) is 13.2 Å². The standard InChI is InChI=1S/2C11H16O3Si/c2*1-5-10-6-8-11(9-7-10)15(12-2,13-3)14-4/h2*5-9H,1H2,2-4H3. The summed E-state index contributed by atoms with van der Waals surface area (Å²) in [5.41, 5.74) is 2.12. The van der Waals surface area contributed by atoms with Gasteiger partial charge in [-0.15, -0.1) is 0 Å². The van der Waals surface area contributed by atoms with Gasteiger partial charge >= 0.3 is 17.6 Å². The first-order chi connectivity index (χ1) is 14.4. The Morgan fingerprint density at radius 3 is 0.900 bits per heavy atom. The zero-order valence-corrected chi connectivity index (χ0v) is 20.6. The van der Waals surface area contributed by atoms with Gasteiger partial charge in [-0.25, -0.2) is 0 Å². The van der Waals surface area contributed by atoms with Crippen LogP contribution in [-0.2, 0) is 26.6 Å². The third kappa shape index (κ3) is 6.06. The van der Waals surface area contributed by atoms with Crippen LogP contribution in [0, 0.1) is 0 Å². The summed E-state index contributed by atoms with van der Waals surface area (Å²) in [5.74, 6) is 0. The first-order valence-corrected chi connectivity index (χ1v) is 12.7. The summed E-state index contributed by atoms with van der Waals surface area (Å²) in [7, 11) is 4.26. The average molecular weight is 449 g/mol. The second-order valence-corrected chi connectivity index (χ2v) is 11.8. The maximum Gasteiger partial charge on any atom is 0.536 e. The van der Waals surface area contributed by atoms with Crippen molar-refractivity contribution in [2.75, 3.05) is 42.7 Å². The second-order valence-electron chi connectivity index (χ2n) is 5.99. The summed E-state index contributed by atoms with van der Waals surface area (Å²) in [6.45, 7) is 7.40.